The molecule has 1 aliphatic rings. The van der Waals surface area contributed by atoms with Crippen LogP contribution < -0.4 is 5.32 Å². The predicted molar refractivity (Wildman–Crippen MR) is 59.9 cm³/mol. The Hall–Kier alpha value is -0.0900. The van der Waals surface area contributed by atoms with E-state index in [0.717, 1.165) is 18.5 Å². The van der Waals surface area contributed by atoms with Gasteiger partial charge in [0.2, 0.25) is 0 Å². The molecular weight excluding hydrogens is 218 g/mol. The number of rotatable bonds is 2. The first-order valence-corrected chi connectivity index (χ1v) is 6.19. The SMILES string of the molecule is OC(c1ccsc1Cl)C1CCCCN1. The minimum Gasteiger partial charge on any atom is -0.387 e. The van der Waals surface area contributed by atoms with Crippen LogP contribution in [0.4, 0.5) is 0 Å². The molecule has 1 aliphatic heterocycles. The largest absolute Gasteiger partial charge is 0.387 e. The van der Waals surface area contributed by atoms with Gasteiger partial charge >= 0.3 is 0 Å². The standard InChI is InChI=1S/C10H14ClNOS/c11-10-7(4-6-14-10)9(13)8-3-1-2-5-12-8/h4,6,8-9,12-13H,1-3,5H2. The van der Waals surface area contributed by atoms with Gasteiger partial charge in [0.15, 0.2) is 0 Å². The first kappa shape index (κ1) is 10.4. The molecule has 2 unspecified atom stereocenters. The molecular formula is C10H14ClNOS. The lowest BCUT2D eigenvalue weighted by Crippen LogP contribution is -2.38. The summed E-state index contributed by atoms with van der Waals surface area (Å²) in [6.07, 6.45) is 2.98. The molecule has 2 rings (SSSR count). The molecule has 0 aromatic carbocycles. The summed E-state index contributed by atoms with van der Waals surface area (Å²) < 4.78 is 0.713. The van der Waals surface area contributed by atoms with Crippen LogP contribution in [-0.4, -0.2) is 17.7 Å². The zero-order valence-electron chi connectivity index (χ0n) is 7.87. The van der Waals surface area contributed by atoms with Gasteiger partial charge in [-0.05, 0) is 30.8 Å². The van der Waals surface area contributed by atoms with E-state index in [0.29, 0.717) is 4.34 Å². The number of aliphatic hydroxyl groups is 1. The van der Waals surface area contributed by atoms with Crippen molar-refractivity contribution < 1.29 is 5.11 Å². The number of aliphatic hydroxyl groups excluding tert-OH is 1. The maximum absolute atomic E-state index is 10.1. The lowest BCUT2D eigenvalue weighted by molar-refractivity contribution is 0.114. The van der Waals surface area contributed by atoms with Crippen molar-refractivity contribution >= 4 is 22.9 Å². The Bertz CT molecular complexity index is 296. The average molecular weight is 232 g/mol. The van der Waals surface area contributed by atoms with Crippen molar-refractivity contribution in [2.45, 2.75) is 31.4 Å². The highest BCUT2D eigenvalue weighted by Crippen LogP contribution is 2.32. The highest BCUT2D eigenvalue weighted by Gasteiger charge is 2.24. The first-order chi connectivity index (χ1) is 6.79. The fourth-order valence-corrected chi connectivity index (χ4v) is 2.87. The molecule has 0 spiro atoms. The van der Waals surface area contributed by atoms with Crippen LogP contribution in [0.25, 0.3) is 0 Å². The van der Waals surface area contributed by atoms with Gasteiger partial charge in [0.25, 0.3) is 0 Å². The molecule has 1 aromatic heterocycles. The van der Waals surface area contributed by atoms with Crippen molar-refractivity contribution in [3.63, 3.8) is 0 Å². The van der Waals surface area contributed by atoms with Crippen LogP contribution in [-0.2, 0) is 0 Å². The van der Waals surface area contributed by atoms with Crippen molar-refractivity contribution in [1.29, 1.82) is 0 Å². The fourth-order valence-electron chi connectivity index (χ4n) is 1.88. The summed E-state index contributed by atoms with van der Waals surface area (Å²) in [5.74, 6) is 0. The maximum atomic E-state index is 10.1. The van der Waals surface area contributed by atoms with E-state index in [1.165, 1.54) is 24.2 Å². The van der Waals surface area contributed by atoms with Crippen LogP contribution in [0, 0.1) is 0 Å². The Morgan fingerprint density at radius 2 is 2.43 bits per heavy atom. The summed E-state index contributed by atoms with van der Waals surface area (Å²) in [6.45, 7) is 1.00. The number of hydrogen-bond acceptors (Lipinski definition) is 3. The van der Waals surface area contributed by atoms with Crippen molar-refractivity contribution in [1.82, 2.24) is 5.32 Å². The van der Waals surface area contributed by atoms with Crippen LogP contribution in [0.1, 0.15) is 30.9 Å². The number of hydrogen-bond donors (Lipinski definition) is 2. The number of piperidine rings is 1. The highest BCUT2D eigenvalue weighted by molar-refractivity contribution is 7.14. The molecule has 2 nitrogen and oxygen atoms in total. The Morgan fingerprint density at radius 3 is 3.00 bits per heavy atom. The molecule has 78 valence electrons. The van der Waals surface area contributed by atoms with Gasteiger partial charge in [-0.25, -0.2) is 0 Å². The van der Waals surface area contributed by atoms with E-state index in [4.69, 9.17) is 11.6 Å². The van der Waals surface area contributed by atoms with E-state index in [9.17, 15) is 5.11 Å². The second-order valence-electron chi connectivity index (χ2n) is 3.65. The van der Waals surface area contributed by atoms with E-state index < -0.39 is 6.10 Å². The highest BCUT2D eigenvalue weighted by atomic mass is 35.5. The molecule has 0 bridgehead atoms. The number of nitrogens with one attached hydrogen (secondary N) is 1. The number of halogens is 1. The lowest BCUT2D eigenvalue weighted by atomic mass is 9.96. The third-order valence-electron chi connectivity index (χ3n) is 2.69. The molecule has 0 amide bonds. The molecule has 1 fully saturated rings. The Labute approximate surface area is 92.9 Å². The summed E-state index contributed by atoms with van der Waals surface area (Å²) in [5, 5.41) is 15.3. The molecule has 1 saturated heterocycles. The van der Waals surface area contributed by atoms with E-state index >= 15 is 0 Å². The van der Waals surface area contributed by atoms with Gasteiger partial charge in [-0.2, -0.15) is 0 Å². The van der Waals surface area contributed by atoms with Crippen LogP contribution in [0.2, 0.25) is 4.34 Å². The second kappa shape index (κ2) is 4.62. The van der Waals surface area contributed by atoms with Gasteiger partial charge in [0.05, 0.1) is 10.4 Å². The van der Waals surface area contributed by atoms with Crippen LogP contribution in [0.5, 0.6) is 0 Å². The average Bonchev–Trinajstić information content (AvgIpc) is 2.65. The minimum absolute atomic E-state index is 0.177. The van der Waals surface area contributed by atoms with Crippen LogP contribution in [0.15, 0.2) is 11.4 Å². The van der Waals surface area contributed by atoms with Gasteiger partial charge < -0.3 is 10.4 Å². The zero-order valence-corrected chi connectivity index (χ0v) is 9.44. The van der Waals surface area contributed by atoms with Gasteiger partial charge in [-0.3, -0.25) is 0 Å². The third kappa shape index (κ3) is 2.11. The van der Waals surface area contributed by atoms with Crippen LogP contribution >= 0.6 is 22.9 Å². The quantitative estimate of drug-likeness (QED) is 0.820. The summed E-state index contributed by atoms with van der Waals surface area (Å²) in [4.78, 5) is 0. The molecule has 2 N–H and O–H groups in total. The lowest BCUT2D eigenvalue weighted by Gasteiger charge is -2.27. The number of thiophene rings is 1. The first-order valence-electron chi connectivity index (χ1n) is 4.93. The van der Waals surface area contributed by atoms with Crippen molar-refractivity contribution in [3.05, 3.63) is 21.3 Å². The predicted octanol–water partition coefficient (Wildman–Crippen LogP) is 2.58. The van der Waals surface area contributed by atoms with E-state index in [1.807, 2.05) is 11.4 Å². The van der Waals surface area contributed by atoms with Crippen molar-refractivity contribution in [3.8, 4) is 0 Å². The summed E-state index contributed by atoms with van der Waals surface area (Å²) in [5.41, 5.74) is 0.871. The smallest absolute Gasteiger partial charge is 0.0987 e. The summed E-state index contributed by atoms with van der Waals surface area (Å²) in [6, 6.07) is 2.09. The molecule has 0 aliphatic carbocycles. The topological polar surface area (TPSA) is 32.3 Å². The molecule has 0 saturated carbocycles. The Balaban J connectivity index is 2.07. The normalized spacial score (nSPS) is 24.9. The van der Waals surface area contributed by atoms with Gasteiger partial charge in [0.1, 0.15) is 0 Å². The molecule has 2 heterocycles. The van der Waals surface area contributed by atoms with Crippen molar-refractivity contribution in [2.24, 2.45) is 0 Å². The monoisotopic (exact) mass is 231 g/mol. The van der Waals surface area contributed by atoms with E-state index in [-0.39, 0.29) is 6.04 Å². The second-order valence-corrected chi connectivity index (χ2v) is 5.17. The molecule has 2 atom stereocenters. The summed E-state index contributed by atoms with van der Waals surface area (Å²) in [7, 11) is 0. The van der Waals surface area contributed by atoms with Gasteiger partial charge in [-0.1, -0.05) is 18.0 Å². The fraction of sp³-hybridized carbons (Fsp3) is 0.600. The molecule has 0 radical (unpaired) electrons. The van der Waals surface area contributed by atoms with Crippen LogP contribution in [0.3, 0.4) is 0 Å². The van der Waals surface area contributed by atoms with E-state index in [1.54, 1.807) is 0 Å². The molecule has 1 aromatic rings. The van der Waals surface area contributed by atoms with Gasteiger partial charge in [0, 0.05) is 11.6 Å². The molecule has 4 heteroatoms. The van der Waals surface area contributed by atoms with Gasteiger partial charge in [-0.15, -0.1) is 11.3 Å². The molecule has 14 heavy (non-hydrogen) atoms. The Kier molecular flexibility index (Phi) is 3.44. The van der Waals surface area contributed by atoms with Crippen molar-refractivity contribution in [2.75, 3.05) is 6.54 Å². The Morgan fingerprint density at radius 1 is 1.57 bits per heavy atom. The summed E-state index contributed by atoms with van der Waals surface area (Å²) >= 11 is 7.46. The third-order valence-corrected chi connectivity index (χ3v) is 3.89. The minimum atomic E-state index is -0.450. The zero-order chi connectivity index (χ0) is 9.97. The maximum Gasteiger partial charge on any atom is 0.0987 e. The van der Waals surface area contributed by atoms with E-state index in [2.05, 4.69) is 5.32 Å².